The maximum atomic E-state index is 12.4. The van der Waals surface area contributed by atoms with Crippen molar-refractivity contribution in [3.8, 4) is 0 Å². The summed E-state index contributed by atoms with van der Waals surface area (Å²) < 4.78 is 3.76. The second-order valence-electron chi connectivity index (χ2n) is 5.40. The number of thiophene rings is 2. The van der Waals surface area contributed by atoms with E-state index in [9.17, 15) is 4.79 Å². The van der Waals surface area contributed by atoms with Crippen LogP contribution in [0.25, 0.3) is 19.5 Å². The van der Waals surface area contributed by atoms with Gasteiger partial charge in [-0.15, -0.1) is 22.7 Å². The molecule has 4 rings (SSSR count). The molecule has 0 atom stereocenters. The van der Waals surface area contributed by atoms with E-state index in [0.717, 1.165) is 30.8 Å². The molecule has 0 unspecified atom stereocenters. The number of hydrogen-bond donors (Lipinski definition) is 2. The number of benzene rings is 1. The summed E-state index contributed by atoms with van der Waals surface area (Å²) in [4.78, 5) is 13.2. The van der Waals surface area contributed by atoms with Gasteiger partial charge in [0.15, 0.2) is 0 Å². The first-order chi connectivity index (χ1) is 10.3. The van der Waals surface area contributed by atoms with Crippen LogP contribution >= 0.6 is 22.7 Å². The minimum absolute atomic E-state index is 0.0828. The second-order valence-corrected chi connectivity index (χ2v) is 7.54. The third-order valence-corrected chi connectivity index (χ3v) is 6.36. The standard InChI is InChI=1S/C16H16N2OS2/c19-16(18-10-5-7-17-8-6-10)14-9-13-15(21-14)11-3-1-2-4-12(11)20-13/h1-4,9-10,17H,5-8H2,(H,18,19). The van der Waals surface area contributed by atoms with Gasteiger partial charge in [-0.25, -0.2) is 0 Å². The van der Waals surface area contributed by atoms with Crippen LogP contribution in [0.1, 0.15) is 22.5 Å². The fourth-order valence-corrected chi connectivity index (χ4v) is 5.26. The lowest BCUT2D eigenvalue weighted by Crippen LogP contribution is -2.42. The number of nitrogens with one attached hydrogen (secondary N) is 2. The predicted molar refractivity (Wildman–Crippen MR) is 90.6 cm³/mol. The first-order valence-electron chi connectivity index (χ1n) is 7.24. The predicted octanol–water partition coefficient (Wildman–Crippen LogP) is 3.60. The van der Waals surface area contributed by atoms with Crippen LogP contribution in [-0.2, 0) is 0 Å². The molecule has 5 heteroatoms. The van der Waals surface area contributed by atoms with Crippen molar-refractivity contribution in [3.05, 3.63) is 35.2 Å². The molecule has 108 valence electrons. The lowest BCUT2D eigenvalue weighted by Gasteiger charge is -2.23. The molecule has 1 saturated heterocycles. The highest BCUT2D eigenvalue weighted by atomic mass is 32.1. The van der Waals surface area contributed by atoms with E-state index in [1.165, 1.54) is 19.5 Å². The SMILES string of the molecule is O=C(NC1CCNCC1)c1cc2sc3ccccc3c2s1. The largest absolute Gasteiger partial charge is 0.349 e. The van der Waals surface area contributed by atoms with Crippen molar-refractivity contribution in [2.45, 2.75) is 18.9 Å². The molecule has 0 aliphatic carbocycles. The molecular formula is C16H16N2OS2. The maximum absolute atomic E-state index is 12.4. The van der Waals surface area contributed by atoms with Crippen molar-refractivity contribution in [2.75, 3.05) is 13.1 Å². The van der Waals surface area contributed by atoms with Gasteiger partial charge in [0, 0.05) is 20.8 Å². The van der Waals surface area contributed by atoms with E-state index in [4.69, 9.17) is 0 Å². The van der Waals surface area contributed by atoms with Crippen LogP contribution in [0.5, 0.6) is 0 Å². The fraction of sp³-hybridized carbons (Fsp3) is 0.312. The van der Waals surface area contributed by atoms with Crippen LogP contribution in [0.4, 0.5) is 0 Å². The Labute approximate surface area is 131 Å². The van der Waals surface area contributed by atoms with Crippen LogP contribution in [0.3, 0.4) is 0 Å². The Morgan fingerprint density at radius 1 is 1.14 bits per heavy atom. The van der Waals surface area contributed by atoms with Crippen molar-refractivity contribution in [1.82, 2.24) is 10.6 Å². The summed E-state index contributed by atoms with van der Waals surface area (Å²) in [6.07, 6.45) is 2.04. The van der Waals surface area contributed by atoms with E-state index in [0.29, 0.717) is 6.04 Å². The van der Waals surface area contributed by atoms with Crippen molar-refractivity contribution in [2.24, 2.45) is 0 Å². The molecule has 0 radical (unpaired) electrons. The zero-order chi connectivity index (χ0) is 14.2. The molecule has 2 aromatic heterocycles. The van der Waals surface area contributed by atoms with E-state index in [1.807, 2.05) is 6.07 Å². The molecule has 0 bridgehead atoms. The van der Waals surface area contributed by atoms with E-state index in [-0.39, 0.29) is 5.91 Å². The monoisotopic (exact) mass is 316 g/mol. The highest BCUT2D eigenvalue weighted by Crippen LogP contribution is 2.39. The van der Waals surface area contributed by atoms with Gasteiger partial charge in [0.2, 0.25) is 0 Å². The summed E-state index contributed by atoms with van der Waals surface area (Å²) in [5, 5.41) is 7.76. The van der Waals surface area contributed by atoms with Gasteiger partial charge in [-0.2, -0.15) is 0 Å². The van der Waals surface area contributed by atoms with Crippen LogP contribution in [0.2, 0.25) is 0 Å². The van der Waals surface area contributed by atoms with Crippen LogP contribution in [0, 0.1) is 0 Å². The highest BCUT2D eigenvalue weighted by molar-refractivity contribution is 7.33. The van der Waals surface area contributed by atoms with Crippen molar-refractivity contribution in [3.63, 3.8) is 0 Å². The Hall–Kier alpha value is -1.43. The third kappa shape index (κ3) is 2.46. The molecule has 21 heavy (non-hydrogen) atoms. The average Bonchev–Trinajstić information content (AvgIpc) is 3.06. The van der Waals surface area contributed by atoms with Gasteiger partial charge in [-0.05, 0) is 38.1 Å². The Morgan fingerprint density at radius 2 is 1.95 bits per heavy atom. The number of hydrogen-bond acceptors (Lipinski definition) is 4. The normalized spacial score (nSPS) is 16.6. The summed E-state index contributed by atoms with van der Waals surface area (Å²) in [6.45, 7) is 1.99. The van der Waals surface area contributed by atoms with Crippen molar-refractivity contribution < 1.29 is 4.79 Å². The maximum Gasteiger partial charge on any atom is 0.261 e. The van der Waals surface area contributed by atoms with Crippen molar-refractivity contribution in [1.29, 1.82) is 0 Å². The van der Waals surface area contributed by atoms with Crippen LogP contribution in [-0.4, -0.2) is 25.0 Å². The van der Waals surface area contributed by atoms with Gasteiger partial charge in [0.1, 0.15) is 0 Å². The van der Waals surface area contributed by atoms with Crippen LogP contribution in [0.15, 0.2) is 30.3 Å². The molecule has 1 aliphatic heterocycles. The molecular weight excluding hydrogens is 300 g/mol. The molecule has 1 fully saturated rings. The third-order valence-electron chi connectivity index (χ3n) is 3.95. The Bertz CT molecular complexity index is 799. The molecule has 0 spiro atoms. The molecule has 2 N–H and O–H groups in total. The zero-order valence-corrected chi connectivity index (χ0v) is 13.2. The first-order valence-corrected chi connectivity index (χ1v) is 8.87. The molecule has 1 amide bonds. The quantitative estimate of drug-likeness (QED) is 0.758. The number of carbonyl (C=O) groups is 1. The molecule has 3 aromatic rings. The highest BCUT2D eigenvalue weighted by Gasteiger charge is 2.19. The molecule has 3 heterocycles. The molecule has 3 nitrogen and oxygen atoms in total. The minimum Gasteiger partial charge on any atom is -0.349 e. The lowest BCUT2D eigenvalue weighted by molar-refractivity contribution is 0.0934. The lowest BCUT2D eigenvalue weighted by atomic mass is 10.1. The summed E-state index contributed by atoms with van der Waals surface area (Å²) in [6, 6.07) is 10.8. The molecule has 1 aromatic carbocycles. The number of rotatable bonds is 2. The van der Waals surface area contributed by atoms with Gasteiger partial charge >= 0.3 is 0 Å². The Kier molecular flexibility index (Phi) is 3.41. The van der Waals surface area contributed by atoms with Crippen molar-refractivity contribution >= 4 is 48.1 Å². The molecule has 0 saturated carbocycles. The fourth-order valence-electron chi connectivity index (χ4n) is 2.83. The zero-order valence-electron chi connectivity index (χ0n) is 11.5. The van der Waals surface area contributed by atoms with Gasteiger partial charge in [-0.3, -0.25) is 4.79 Å². The second kappa shape index (κ2) is 5.40. The van der Waals surface area contributed by atoms with Gasteiger partial charge in [0.05, 0.1) is 9.58 Å². The number of amides is 1. The summed E-state index contributed by atoms with van der Waals surface area (Å²) in [7, 11) is 0. The number of carbonyl (C=O) groups excluding carboxylic acids is 1. The summed E-state index contributed by atoms with van der Waals surface area (Å²) in [5.41, 5.74) is 0. The number of fused-ring (bicyclic) bond motifs is 3. The summed E-state index contributed by atoms with van der Waals surface area (Å²) >= 11 is 3.38. The van der Waals surface area contributed by atoms with E-state index < -0.39 is 0 Å². The Balaban J connectivity index is 1.62. The van der Waals surface area contributed by atoms with Crippen LogP contribution < -0.4 is 10.6 Å². The Morgan fingerprint density at radius 3 is 2.81 bits per heavy atom. The van der Waals surface area contributed by atoms with Gasteiger partial charge in [0.25, 0.3) is 5.91 Å². The van der Waals surface area contributed by atoms with E-state index >= 15 is 0 Å². The van der Waals surface area contributed by atoms with Gasteiger partial charge in [-0.1, -0.05) is 18.2 Å². The average molecular weight is 316 g/mol. The van der Waals surface area contributed by atoms with E-state index in [2.05, 4.69) is 34.9 Å². The first kappa shape index (κ1) is 13.2. The topological polar surface area (TPSA) is 41.1 Å². The summed E-state index contributed by atoms with van der Waals surface area (Å²) in [5.74, 6) is 0.0828. The van der Waals surface area contributed by atoms with E-state index in [1.54, 1.807) is 22.7 Å². The minimum atomic E-state index is 0.0828. The number of piperidine rings is 1. The van der Waals surface area contributed by atoms with Gasteiger partial charge < -0.3 is 10.6 Å². The molecule has 1 aliphatic rings. The smallest absolute Gasteiger partial charge is 0.261 e.